The molecule has 5 rings (SSSR count). The summed E-state index contributed by atoms with van der Waals surface area (Å²) in [5, 5.41) is 15.8. The molecule has 206 valence electrons. The van der Waals surface area contributed by atoms with E-state index in [9.17, 15) is 19.6 Å². The number of amides is 3. The van der Waals surface area contributed by atoms with Gasteiger partial charge in [0.25, 0.3) is 5.91 Å². The predicted molar refractivity (Wildman–Crippen MR) is 163 cm³/mol. The lowest BCUT2D eigenvalue weighted by Gasteiger charge is -2.25. The van der Waals surface area contributed by atoms with E-state index >= 15 is 0 Å². The second-order valence-corrected chi connectivity index (χ2v) is 12.0. The van der Waals surface area contributed by atoms with E-state index in [1.165, 1.54) is 30.0 Å². The SMILES string of the molecule is CC(=O)N1CCc2c(sc(NC(=O)C(Sc3cccc(NC(=O)c4ccccc4C)c3)c3ccccc3)c2C#N)C1. The Bertz CT molecular complexity index is 1660. The predicted octanol–water partition coefficient (Wildman–Crippen LogP) is 6.56. The van der Waals surface area contributed by atoms with Crippen molar-refractivity contribution >= 4 is 51.5 Å². The second kappa shape index (κ2) is 12.4. The van der Waals surface area contributed by atoms with Crippen molar-refractivity contribution in [1.82, 2.24) is 4.90 Å². The fourth-order valence-electron chi connectivity index (χ4n) is 4.77. The molecule has 0 saturated heterocycles. The monoisotopic (exact) mass is 580 g/mol. The Labute approximate surface area is 247 Å². The average molecular weight is 581 g/mol. The summed E-state index contributed by atoms with van der Waals surface area (Å²) in [5.74, 6) is -0.461. The highest BCUT2D eigenvalue weighted by Crippen LogP contribution is 2.40. The van der Waals surface area contributed by atoms with E-state index in [0.717, 1.165) is 26.5 Å². The molecule has 3 amide bonds. The first-order chi connectivity index (χ1) is 19.8. The molecular weight excluding hydrogens is 553 g/mol. The van der Waals surface area contributed by atoms with Crippen LogP contribution in [-0.4, -0.2) is 29.2 Å². The van der Waals surface area contributed by atoms with Gasteiger partial charge in [0.2, 0.25) is 11.8 Å². The first kappa shape index (κ1) is 28.1. The van der Waals surface area contributed by atoms with Crippen LogP contribution in [0, 0.1) is 18.3 Å². The van der Waals surface area contributed by atoms with Gasteiger partial charge >= 0.3 is 0 Å². The molecule has 7 nitrogen and oxygen atoms in total. The highest BCUT2D eigenvalue weighted by molar-refractivity contribution is 8.00. The molecule has 0 saturated carbocycles. The lowest BCUT2D eigenvalue weighted by Crippen LogP contribution is -2.33. The Balaban J connectivity index is 1.38. The van der Waals surface area contributed by atoms with Gasteiger partial charge in [-0.2, -0.15) is 5.26 Å². The molecule has 1 unspecified atom stereocenters. The minimum absolute atomic E-state index is 0.00833. The van der Waals surface area contributed by atoms with Gasteiger partial charge in [0.1, 0.15) is 16.3 Å². The van der Waals surface area contributed by atoms with E-state index in [4.69, 9.17) is 0 Å². The van der Waals surface area contributed by atoms with Gasteiger partial charge in [-0.1, -0.05) is 54.6 Å². The molecule has 2 N–H and O–H groups in total. The third-order valence-electron chi connectivity index (χ3n) is 6.93. The average Bonchev–Trinajstić information content (AvgIpc) is 3.32. The molecule has 1 aromatic heterocycles. The van der Waals surface area contributed by atoms with Crippen LogP contribution in [0.15, 0.2) is 83.8 Å². The van der Waals surface area contributed by atoms with Crippen LogP contribution in [0.3, 0.4) is 0 Å². The molecule has 1 aliphatic heterocycles. The van der Waals surface area contributed by atoms with Crippen LogP contribution in [0.5, 0.6) is 0 Å². The molecule has 3 aromatic carbocycles. The lowest BCUT2D eigenvalue weighted by molar-refractivity contribution is -0.129. The van der Waals surface area contributed by atoms with Gasteiger partial charge in [0, 0.05) is 34.5 Å². The van der Waals surface area contributed by atoms with E-state index in [1.54, 1.807) is 11.0 Å². The van der Waals surface area contributed by atoms with Gasteiger partial charge in [-0.05, 0) is 54.3 Å². The summed E-state index contributed by atoms with van der Waals surface area (Å²) in [7, 11) is 0. The number of carbonyl (C=O) groups excluding carboxylic acids is 3. The Morgan fingerprint density at radius 3 is 2.49 bits per heavy atom. The second-order valence-electron chi connectivity index (χ2n) is 9.70. The van der Waals surface area contributed by atoms with Crippen molar-refractivity contribution in [1.29, 1.82) is 5.26 Å². The Morgan fingerprint density at radius 1 is 1.00 bits per heavy atom. The molecule has 0 fully saturated rings. The summed E-state index contributed by atoms with van der Waals surface area (Å²) in [6.07, 6.45) is 0.585. The fraction of sp³-hybridized carbons (Fsp3) is 0.188. The molecule has 9 heteroatoms. The van der Waals surface area contributed by atoms with Crippen LogP contribution >= 0.6 is 23.1 Å². The summed E-state index contributed by atoms with van der Waals surface area (Å²) in [6.45, 7) is 4.43. The Hall–Kier alpha value is -4.39. The van der Waals surface area contributed by atoms with Gasteiger partial charge in [-0.3, -0.25) is 14.4 Å². The zero-order chi connectivity index (χ0) is 28.9. The van der Waals surface area contributed by atoms with Crippen molar-refractivity contribution in [3.63, 3.8) is 0 Å². The summed E-state index contributed by atoms with van der Waals surface area (Å²) in [4.78, 5) is 42.1. The topological polar surface area (TPSA) is 102 Å². The maximum Gasteiger partial charge on any atom is 0.255 e. The molecular formula is C32H28N4O3S2. The molecule has 1 aliphatic rings. The summed E-state index contributed by atoms with van der Waals surface area (Å²) < 4.78 is 0. The van der Waals surface area contributed by atoms with Gasteiger partial charge in [-0.25, -0.2) is 0 Å². The van der Waals surface area contributed by atoms with Crippen LogP contribution in [0.2, 0.25) is 0 Å². The number of hydrogen-bond donors (Lipinski definition) is 2. The molecule has 0 aliphatic carbocycles. The largest absolute Gasteiger partial charge is 0.337 e. The van der Waals surface area contributed by atoms with Gasteiger partial charge < -0.3 is 15.5 Å². The Morgan fingerprint density at radius 2 is 1.76 bits per heavy atom. The standard InChI is InChI=1S/C32H28N4O3S2/c1-20-9-6-7-14-25(20)30(38)34-23-12-8-13-24(17-23)40-29(22-10-4-3-5-11-22)31(39)35-32-27(18-33)26-15-16-36(21(2)37)19-28(26)41-32/h3-14,17,29H,15-16,19H2,1-2H3,(H,34,38)(H,35,39). The minimum Gasteiger partial charge on any atom is -0.337 e. The van der Waals surface area contributed by atoms with Gasteiger partial charge in [0.15, 0.2) is 0 Å². The van der Waals surface area contributed by atoms with E-state index < -0.39 is 5.25 Å². The van der Waals surface area contributed by atoms with E-state index in [-0.39, 0.29) is 17.7 Å². The highest BCUT2D eigenvalue weighted by Gasteiger charge is 2.29. The van der Waals surface area contributed by atoms with E-state index in [2.05, 4.69) is 16.7 Å². The maximum atomic E-state index is 13.8. The third-order valence-corrected chi connectivity index (χ3v) is 9.31. The van der Waals surface area contributed by atoms with Crippen molar-refractivity contribution in [2.24, 2.45) is 0 Å². The quantitative estimate of drug-likeness (QED) is 0.241. The number of carbonyl (C=O) groups is 3. The third kappa shape index (κ3) is 6.35. The van der Waals surface area contributed by atoms with Crippen molar-refractivity contribution in [3.05, 3.63) is 112 Å². The number of nitriles is 1. The number of thiophene rings is 1. The Kier molecular flexibility index (Phi) is 8.53. The van der Waals surface area contributed by atoms with Crippen LogP contribution < -0.4 is 10.6 Å². The number of rotatable bonds is 7. The molecule has 0 radical (unpaired) electrons. The number of fused-ring (bicyclic) bond motifs is 1. The highest BCUT2D eigenvalue weighted by atomic mass is 32.2. The van der Waals surface area contributed by atoms with Crippen molar-refractivity contribution in [3.8, 4) is 6.07 Å². The summed E-state index contributed by atoms with van der Waals surface area (Å²) >= 11 is 2.73. The number of anilines is 2. The first-order valence-corrected chi connectivity index (χ1v) is 14.8. The number of thioether (sulfide) groups is 1. The molecule has 2 heterocycles. The lowest BCUT2D eigenvalue weighted by atomic mass is 10.0. The number of hydrogen-bond acceptors (Lipinski definition) is 6. The normalized spacial score (nSPS) is 13.0. The number of nitrogens with one attached hydrogen (secondary N) is 2. The molecule has 41 heavy (non-hydrogen) atoms. The zero-order valence-corrected chi connectivity index (χ0v) is 24.3. The number of aryl methyl sites for hydroxylation is 1. The van der Waals surface area contributed by atoms with Gasteiger partial charge in [-0.15, -0.1) is 23.1 Å². The molecule has 1 atom stereocenters. The van der Waals surface area contributed by atoms with Crippen LogP contribution in [0.1, 0.15) is 49.7 Å². The van der Waals surface area contributed by atoms with Gasteiger partial charge in [0.05, 0.1) is 12.1 Å². The minimum atomic E-state index is -0.613. The van der Waals surface area contributed by atoms with E-state index in [1.807, 2.05) is 79.7 Å². The summed E-state index contributed by atoms with van der Waals surface area (Å²) in [5.41, 5.74) is 4.31. The fourth-order valence-corrected chi connectivity index (χ4v) is 7.07. The molecule has 0 spiro atoms. The maximum absolute atomic E-state index is 13.8. The number of nitrogens with zero attached hydrogens (tertiary/aromatic N) is 2. The summed E-state index contributed by atoms with van der Waals surface area (Å²) in [6, 6.07) is 26.6. The zero-order valence-electron chi connectivity index (χ0n) is 22.6. The molecule has 0 bridgehead atoms. The van der Waals surface area contributed by atoms with Crippen LogP contribution in [0.4, 0.5) is 10.7 Å². The van der Waals surface area contributed by atoms with Crippen LogP contribution in [0.25, 0.3) is 0 Å². The van der Waals surface area contributed by atoms with E-state index in [0.29, 0.717) is 41.3 Å². The number of benzene rings is 3. The first-order valence-electron chi connectivity index (χ1n) is 13.1. The van der Waals surface area contributed by atoms with Crippen molar-refractivity contribution < 1.29 is 14.4 Å². The van der Waals surface area contributed by atoms with Crippen LogP contribution in [-0.2, 0) is 22.6 Å². The van der Waals surface area contributed by atoms with Crippen molar-refractivity contribution in [2.75, 3.05) is 17.2 Å². The smallest absolute Gasteiger partial charge is 0.255 e. The van der Waals surface area contributed by atoms with Crippen molar-refractivity contribution in [2.45, 2.75) is 37.0 Å². The molecule has 4 aromatic rings.